The highest BCUT2D eigenvalue weighted by Gasteiger charge is 2.58. The van der Waals surface area contributed by atoms with E-state index in [1.165, 1.54) is 46.1 Å². The number of aromatic nitrogens is 1. The van der Waals surface area contributed by atoms with Gasteiger partial charge in [0.2, 0.25) is 0 Å². The molecule has 2 aromatic carbocycles. The summed E-state index contributed by atoms with van der Waals surface area (Å²) in [6.45, 7) is 4.82. The quantitative estimate of drug-likeness (QED) is 0.408. The van der Waals surface area contributed by atoms with Crippen LogP contribution in [0.4, 0.5) is 0 Å². The maximum atomic E-state index is 12.8. The molecular weight excluding hydrogens is 426 g/mol. The minimum absolute atomic E-state index is 0.0485. The molecule has 0 unspecified atom stereocenters. The van der Waals surface area contributed by atoms with Crippen molar-refractivity contribution in [3.63, 3.8) is 0 Å². The summed E-state index contributed by atoms with van der Waals surface area (Å²) in [5, 5.41) is 1.33. The monoisotopic (exact) mass is 461 g/mol. The molecule has 5 atom stereocenters. The largest absolute Gasteiger partial charge is 0.354 e. The van der Waals surface area contributed by atoms with Crippen molar-refractivity contribution >= 4 is 22.3 Å². The van der Waals surface area contributed by atoms with E-state index >= 15 is 0 Å². The maximum Gasteiger partial charge on any atom is 0.139 e. The van der Waals surface area contributed by atoms with Gasteiger partial charge in [0.15, 0.2) is 0 Å². The molecule has 0 bridgehead atoms. The number of allylic oxidation sites excluding steroid dienone is 4. The van der Waals surface area contributed by atoms with Crippen LogP contribution in [0.3, 0.4) is 0 Å². The van der Waals surface area contributed by atoms with Gasteiger partial charge in [-0.3, -0.25) is 4.79 Å². The molecule has 3 aromatic rings. The van der Waals surface area contributed by atoms with E-state index in [0.29, 0.717) is 23.5 Å². The lowest BCUT2D eigenvalue weighted by Gasteiger charge is -2.55. The van der Waals surface area contributed by atoms with Gasteiger partial charge in [0.25, 0.3) is 0 Å². The fourth-order valence-corrected chi connectivity index (χ4v) is 8.59. The molecule has 35 heavy (non-hydrogen) atoms. The Morgan fingerprint density at radius 2 is 1.63 bits per heavy atom. The first-order valence-corrected chi connectivity index (χ1v) is 13.6. The Morgan fingerprint density at radius 1 is 0.857 bits per heavy atom. The zero-order valence-electron chi connectivity index (χ0n) is 20.9. The molecule has 2 nitrogen and oxygen atoms in total. The molecule has 0 radical (unpaired) electrons. The molecule has 0 amide bonds. The number of nitrogens with one attached hydrogen (secondary N) is 1. The zero-order chi connectivity index (χ0) is 23.8. The van der Waals surface area contributed by atoms with Crippen molar-refractivity contribution in [3.05, 3.63) is 77.9 Å². The van der Waals surface area contributed by atoms with Gasteiger partial charge in [-0.05, 0) is 84.5 Å². The first-order valence-electron chi connectivity index (χ1n) is 13.6. The number of H-pyrrole nitrogens is 1. The standard InChI is InChI=1S/C33H35NO/c1-32-18-16-22(30-25-10-6-7-11-28(25)34-31(30)21-8-4-3-5-9-21)20-23(32)12-13-24-26-14-15-29(35)33(26,2)19-17-27(24)32/h3-12,20,24,26-27,34H,13-19H2,1-2H3/t24-,26-,27-,32-,33-/m0/s1. The zero-order valence-corrected chi connectivity index (χ0v) is 20.9. The highest BCUT2D eigenvalue weighted by atomic mass is 16.1. The van der Waals surface area contributed by atoms with E-state index in [9.17, 15) is 4.79 Å². The van der Waals surface area contributed by atoms with E-state index in [-0.39, 0.29) is 10.8 Å². The molecule has 2 saturated carbocycles. The first-order chi connectivity index (χ1) is 17.0. The number of para-hydroxylation sites is 1. The van der Waals surface area contributed by atoms with Gasteiger partial charge in [-0.15, -0.1) is 0 Å². The number of ketones is 1. The van der Waals surface area contributed by atoms with Crippen LogP contribution in [-0.4, -0.2) is 10.8 Å². The molecule has 0 aliphatic heterocycles. The Hall–Kier alpha value is -2.87. The summed E-state index contributed by atoms with van der Waals surface area (Å²) in [4.78, 5) is 16.5. The first kappa shape index (κ1) is 21.4. The third-order valence-electron chi connectivity index (χ3n) is 10.6. The van der Waals surface area contributed by atoms with Crippen molar-refractivity contribution in [3.8, 4) is 11.3 Å². The summed E-state index contributed by atoms with van der Waals surface area (Å²) >= 11 is 0. The topological polar surface area (TPSA) is 32.9 Å². The summed E-state index contributed by atoms with van der Waals surface area (Å²) in [6, 6.07) is 19.5. The minimum Gasteiger partial charge on any atom is -0.354 e. The average Bonchev–Trinajstić information content (AvgIpc) is 3.42. The smallest absolute Gasteiger partial charge is 0.139 e. The molecule has 0 saturated heterocycles. The van der Waals surface area contributed by atoms with Crippen molar-refractivity contribution < 1.29 is 4.79 Å². The second kappa shape index (κ2) is 7.56. The molecule has 7 rings (SSSR count). The highest BCUT2D eigenvalue weighted by molar-refractivity contribution is 6.00. The van der Waals surface area contributed by atoms with Crippen molar-refractivity contribution in [2.24, 2.45) is 28.6 Å². The molecular formula is C33H35NO. The molecule has 4 aliphatic carbocycles. The fraction of sp³-hybridized carbons (Fsp3) is 0.424. The van der Waals surface area contributed by atoms with E-state index < -0.39 is 0 Å². The van der Waals surface area contributed by atoms with Crippen LogP contribution in [0, 0.1) is 28.6 Å². The van der Waals surface area contributed by atoms with Gasteiger partial charge in [0.1, 0.15) is 5.78 Å². The van der Waals surface area contributed by atoms with E-state index in [1.54, 1.807) is 5.57 Å². The van der Waals surface area contributed by atoms with E-state index in [2.05, 4.69) is 85.6 Å². The molecule has 1 heterocycles. The van der Waals surface area contributed by atoms with Gasteiger partial charge in [-0.2, -0.15) is 0 Å². The van der Waals surface area contributed by atoms with E-state index in [1.807, 2.05) is 0 Å². The number of aromatic amines is 1. The predicted octanol–water partition coefficient (Wildman–Crippen LogP) is 8.36. The minimum atomic E-state index is -0.0485. The van der Waals surface area contributed by atoms with E-state index in [0.717, 1.165) is 32.1 Å². The Balaban J connectivity index is 1.32. The molecule has 0 spiro atoms. The van der Waals surface area contributed by atoms with Gasteiger partial charge in [0.05, 0.1) is 5.69 Å². The van der Waals surface area contributed by atoms with Gasteiger partial charge >= 0.3 is 0 Å². The number of rotatable bonds is 2. The average molecular weight is 462 g/mol. The number of hydrogen-bond donors (Lipinski definition) is 1. The lowest BCUT2D eigenvalue weighted by atomic mass is 9.48. The number of hydrogen-bond acceptors (Lipinski definition) is 1. The van der Waals surface area contributed by atoms with Crippen LogP contribution in [0.25, 0.3) is 27.7 Å². The lowest BCUT2D eigenvalue weighted by Crippen LogP contribution is -2.49. The molecule has 1 aromatic heterocycles. The van der Waals surface area contributed by atoms with Crippen LogP contribution in [-0.2, 0) is 4.79 Å². The van der Waals surface area contributed by atoms with Crippen molar-refractivity contribution in [2.75, 3.05) is 0 Å². The van der Waals surface area contributed by atoms with Crippen molar-refractivity contribution in [1.82, 2.24) is 4.98 Å². The van der Waals surface area contributed by atoms with Gasteiger partial charge in [-0.1, -0.05) is 74.5 Å². The van der Waals surface area contributed by atoms with Crippen LogP contribution >= 0.6 is 0 Å². The summed E-state index contributed by atoms with van der Waals surface area (Å²) in [5.41, 5.74) is 8.31. The molecule has 2 heteroatoms. The molecule has 2 fully saturated rings. The lowest BCUT2D eigenvalue weighted by molar-refractivity contribution is -0.131. The Bertz CT molecular complexity index is 1390. The number of fused-ring (bicyclic) bond motifs is 6. The summed E-state index contributed by atoms with van der Waals surface area (Å²) < 4.78 is 0. The number of Topliss-reactive ketones (excluding diaryl/α,β-unsaturated/α-hetero) is 1. The molecule has 4 aliphatic rings. The van der Waals surface area contributed by atoms with Crippen LogP contribution < -0.4 is 0 Å². The van der Waals surface area contributed by atoms with Gasteiger partial charge in [0, 0.05) is 28.3 Å². The van der Waals surface area contributed by atoms with Crippen LogP contribution in [0.2, 0.25) is 0 Å². The molecule has 178 valence electrons. The Morgan fingerprint density at radius 3 is 2.49 bits per heavy atom. The number of carbonyl (C=O) groups excluding carboxylic acids is 1. The number of benzene rings is 2. The fourth-order valence-electron chi connectivity index (χ4n) is 8.59. The Labute approximate surface area is 208 Å². The SMILES string of the molecule is C[C@]12CCC(c3c(-c4ccccc4)[nH]c4ccccc34)=CC1=CC[C@@H]1[C@@H]2CC[C@]2(C)C(=O)CC[C@@H]12. The maximum absolute atomic E-state index is 12.8. The predicted molar refractivity (Wildman–Crippen MR) is 144 cm³/mol. The summed E-state index contributed by atoms with van der Waals surface area (Å²) in [6.07, 6.45) is 12.8. The van der Waals surface area contributed by atoms with Crippen molar-refractivity contribution in [2.45, 2.75) is 58.8 Å². The van der Waals surface area contributed by atoms with Crippen LogP contribution in [0.1, 0.15) is 64.4 Å². The van der Waals surface area contributed by atoms with Gasteiger partial charge in [-0.25, -0.2) is 0 Å². The highest BCUT2D eigenvalue weighted by Crippen LogP contribution is 2.64. The second-order valence-electron chi connectivity index (χ2n) is 12.1. The second-order valence-corrected chi connectivity index (χ2v) is 12.1. The van der Waals surface area contributed by atoms with Gasteiger partial charge < -0.3 is 4.98 Å². The summed E-state index contributed by atoms with van der Waals surface area (Å²) in [5.74, 6) is 2.52. The van der Waals surface area contributed by atoms with Crippen LogP contribution in [0.15, 0.2) is 72.3 Å². The number of carbonyl (C=O) groups is 1. The van der Waals surface area contributed by atoms with Crippen molar-refractivity contribution in [1.29, 1.82) is 0 Å². The third-order valence-corrected chi connectivity index (χ3v) is 10.6. The summed E-state index contributed by atoms with van der Waals surface area (Å²) in [7, 11) is 0. The normalized spacial score (nSPS) is 34.1. The third kappa shape index (κ3) is 2.98. The van der Waals surface area contributed by atoms with E-state index in [4.69, 9.17) is 0 Å². The molecule has 1 N–H and O–H groups in total. The van der Waals surface area contributed by atoms with Crippen LogP contribution in [0.5, 0.6) is 0 Å². The Kier molecular flexibility index (Phi) is 4.63.